The van der Waals surface area contributed by atoms with Gasteiger partial charge in [0.2, 0.25) is 0 Å². The van der Waals surface area contributed by atoms with E-state index in [1.807, 2.05) is 83.1 Å². The minimum absolute atomic E-state index is 0.0624. The second-order valence-corrected chi connectivity index (χ2v) is 18.1. The molecule has 0 aromatic heterocycles. The van der Waals surface area contributed by atoms with Gasteiger partial charge in [-0.25, -0.2) is 13.2 Å². The molecular formula is C35H57NO7S. The number of hydrogen-bond acceptors (Lipinski definition) is 7. The summed E-state index contributed by atoms with van der Waals surface area (Å²) in [4.78, 5) is 12.2. The lowest BCUT2D eigenvalue weighted by atomic mass is 9.78. The molecule has 0 aliphatic carbocycles. The first-order valence-electron chi connectivity index (χ1n) is 15.1. The fraction of sp³-hybridized carbons (Fsp3) is 0.629. The van der Waals surface area contributed by atoms with E-state index in [-0.39, 0.29) is 33.2 Å². The maximum Gasteiger partial charge on any atom is 0.338 e. The number of ether oxygens (including phenoxy) is 1. The molecule has 9 heteroatoms. The third kappa shape index (κ3) is 11.4. The number of benzene rings is 2. The molecule has 2 N–H and O–H groups in total. The van der Waals surface area contributed by atoms with Crippen LogP contribution >= 0.6 is 0 Å². The van der Waals surface area contributed by atoms with Gasteiger partial charge in [0.25, 0.3) is 0 Å². The smallest absolute Gasteiger partial charge is 0.338 e. The maximum absolute atomic E-state index is 12.5. The average molecular weight is 636 g/mol. The Kier molecular flexibility index (Phi) is 12.0. The molecular weight excluding hydrogens is 578 g/mol. The molecule has 0 aliphatic rings. The minimum atomic E-state index is -4.55. The van der Waals surface area contributed by atoms with Gasteiger partial charge in [-0.3, -0.25) is 0 Å². The maximum atomic E-state index is 12.5. The fourth-order valence-corrected chi connectivity index (χ4v) is 5.10. The number of quaternary nitrogens is 1. The Morgan fingerprint density at radius 2 is 1.02 bits per heavy atom. The number of rotatable bonds is 6. The second kappa shape index (κ2) is 13.4. The quantitative estimate of drug-likeness (QED) is 0.150. The molecule has 2 aromatic rings. The van der Waals surface area contributed by atoms with E-state index >= 15 is 0 Å². The molecule has 0 radical (unpaired) electrons. The van der Waals surface area contributed by atoms with Gasteiger partial charge in [0.15, 0.2) is 0 Å². The molecule has 8 nitrogen and oxygen atoms in total. The molecule has 44 heavy (non-hydrogen) atoms. The lowest BCUT2D eigenvalue weighted by Crippen LogP contribution is -2.35. The minimum Gasteiger partial charge on any atom is -0.744 e. The summed E-state index contributed by atoms with van der Waals surface area (Å²) in [7, 11) is 1.81. The average Bonchev–Trinajstić information content (AvgIpc) is 2.78. The van der Waals surface area contributed by atoms with Gasteiger partial charge >= 0.3 is 5.97 Å². The van der Waals surface area contributed by atoms with Gasteiger partial charge in [-0.2, -0.15) is 0 Å². The topological polar surface area (TPSA) is 124 Å². The van der Waals surface area contributed by atoms with E-state index in [1.54, 1.807) is 12.1 Å². The molecule has 0 saturated heterocycles. The molecule has 250 valence electrons. The van der Waals surface area contributed by atoms with Crippen LogP contribution in [0.2, 0.25) is 0 Å². The monoisotopic (exact) mass is 635 g/mol. The van der Waals surface area contributed by atoms with Crippen LogP contribution in [0.15, 0.2) is 29.2 Å². The van der Waals surface area contributed by atoms with Crippen molar-refractivity contribution in [2.75, 3.05) is 34.3 Å². The first-order chi connectivity index (χ1) is 19.4. The number of nitrogens with zero attached hydrogens (tertiary/aromatic N) is 1. The Hall–Kier alpha value is -2.62. The van der Waals surface area contributed by atoms with Crippen molar-refractivity contribution < 1.29 is 37.2 Å². The SMILES string of the molecule is CC(C)(C)c1cc(C(=O)OCCC[N+](C)(C)C)cc(C(C)(C)C)c1O.CC(C)(C)c1cc(S(=O)(=O)[O-])cc(C(C)(C)C)c1O. The van der Waals surface area contributed by atoms with Crippen LogP contribution in [0.1, 0.15) is 122 Å². The van der Waals surface area contributed by atoms with Crippen molar-refractivity contribution in [3.63, 3.8) is 0 Å². The van der Waals surface area contributed by atoms with Gasteiger partial charge in [0.05, 0.1) is 44.8 Å². The number of hydrogen-bond donors (Lipinski definition) is 2. The van der Waals surface area contributed by atoms with Gasteiger partial charge in [-0.05, 0) is 45.9 Å². The van der Waals surface area contributed by atoms with Crippen LogP contribution in [0.25, 0.3) is 0 Å². The van der Waals surface area contributed by atoms with Crippen molar-refractivity contribution in [3.8, 4) is 11.5 Å². The normalized spacial score (nSPS) is 13.3. The van der Waals surface area contributed by atoms with Crippen molar-refractivity contribution in [1.82, 2.24) is 0 Å². The lowest BCUT2D eigenvalue weighted by molar-refractivity contribution is -0.870. The molecule has 2 rings (SSSR count). The molecule has 0 bridgehead atoms. The van der Waals surface area contributed by atoms with E-state index in [0.29, 0.717) is 23.3 Å². The van der Waals surface area contributed by atoms with Gasteiger partial charge in [0, 0.05) is 28.7 Å². The Balaban J connectivity index is 0.000000457. The third-order valence-corrected chi connectivity index (χ3v) is 7.97. The van der Waals surface area contributed by atoms with E-state index in [1.165, 1.54) is 12.1 Å². The molecule has 0 amide bonds. The van der Waals surface area contributed by atoms with E-state index in [0.717, 1.165) is 28.6 Å². The molecule has 0 spiro atoms. The molecule has 0 saturated carbocycles. The lowest BCUT2D eigenvalue weighted by Gasteiger charge is -2.28. The highest BCUT2D eigenvalue weighted by Gasteiger charge is 2.29. The van der Waals surface area contributed by atoms with Crippen LogP contribution in [0.4, 0.5) is 0 Å². The Labute approximate surface area is 266 Å². The highest BCUT2D eigenvalue weighted by atomic mass is 32.2. The van der Waals surface area contributed by atoms with E-state index in [9.17, 15) is 28.0 Å². The number of carbonyl (C=O) groups excluding carboxylic acids is 1. The van der Waals surface area contributed by atoms with Crippen LogP contribution in [-0.2, 0) is 36.5 Å². The molecule has 0 heterocycles. The summed E-state index contributed by atoms with van der Waals surface area (Å²) in [5.74, 6) is 0.0198. The fourth-order valence-electron chi connectivity index (χ4n) is 4.58. The summed E-state index contributed by atoms with van der Waals surface area (Å²) < 4.78 is 40.1. The summed E-state index contributed by atoms with van der Waals surface area (Å²) >= 11 is 0. The van der Waals surface area contributed by atoms with E-state index in [2.05, 4.69) is 21.1 Å². The van der Waals surface area contributed by atoms with Gasteiger partial charge in [-0.15, -0.1) is 0 Å². The summed E-state index contributed by atoms with van der Waals surface area (Å²) in [5.41, 5.74) is 1.57. The Morgan fingerprint density at radius 3 is 1.30 bits per heavy atom. The van der Waals surface area contributed by atoms with Crippen molar-refractivity contribution in [2.45, 2.75) is 116 Å². The Bertz CT molecular complexity index is 1350. The zero-order chi connectivity index (χ0) is 34.9. The standard InChI is InChI=1S/C21H35NO3.C14H22O4S/c1-20(2,3)16-13-15(14-17(18(16)23)21(4,5)6)19(24)25-12-10-11-22(7,8)9;1-13(2,3)10-7-9(19(16,17)18)8-11(12(10)15)14(4,5)6/h13-14H,10-12H2,1-9H3;7-8,15H,1-6H3,(H,16,17,18). The van der Waals surface area contributed by atoms with Crippen molar-refractivity contribution in [1.29, 1.82) is 0 Å². The molecule has 0 unspecified atom stereocenters. The second-order valence-electron chi connectivity index (χ2n) is 16.7. The number of phenolic OH excluding ortho intramolecular Hbond substituents is 2. The molecule has 0 atom stereocenters. The molecule has 2 aromatic carbocycles. The van der Waals surface area contributed by atoms with Crippen LogP contribution in [0.5, 0.6) is 11.5 Å². The number of aromatic hydroxyl groups is 2. The largest absolute Gasteiger partial charge is 0.744 e. The van der Waals surface area contributed by atoms with Crippen LogP contribution in [0.3, 0.4) is 0 Å². The zero-order valence-electron chi connectivity index (χ0n) is 29.7. The summed E-state index contributed by atoms with van der Waals surface area (Å²) in [6.45, 7) is 24.7. The number of carbonyl (C=O) groups is 1. The summed E-state index contributed by atoms with van der Waals surface area (Å²) in [6.07, 6.45) is 0.825. The Morgan fingerprint density at radius 1 is 0.705 bits per heavy atom. The van der Waals surface area contributed by atoms with E-state index < -0.39 is 20.9 Å². The third-order valence-electron chi connectivity index (χ3n) is 7.16. The van der Waals surface area contributed by atoms with Crippen LogP contribution < -0.4 is 0 Å². The first kappa shape index (κ1) is 39.4. The predicted molar refractivity (Wildman–Crippen MR) is 177 cm³/mol. The molecule has 0 fully saturated rings. The van der Waals surface area contributed by atoms with Crippen molar-refractivity contribution >= 4 is 16.1 Å². The highest BCUT2D eigenvalue weighted by Crippen LogP contribution is 2.41. The highest BCUT2D eigenvalue weighted by molar-refractivity contribution is 7.85. The van der Waals surface area contributed by atoms with Crippen molar-refractivity contribution in [2.24, 2.45) is 0 Å². The first-order valence-corrected chi connectivity index (χ1v) is 16.5. The van der Waals surface area contributed by atoms with Crippen LogP contribution in [-0.4, -0.2) is 67.9 Å². The summed E-state index contributed by atoms with van der Waals surface area (Å²) in [5, 5.41) is 21.1. The van der Waals surface area contributed by atoms with Gasteiger partial charge < -0.3 is 24.0 Å². The molecule has 0 aliphatic heterocycles. The van der Waals surface area contributed by atoms with Gasteiger partial charge in [-0.1, -0.05) is 83.1 Å². The predicted octanol–water partition coefficient (Wildman–Crippen LogP) is 7.13. The van der Waals surface area contributed by atoms with Gasteiger partial charge in [0.1, 0.15) is 21.6 Å². The van der Waals surface area contributed by atoms with Crippen molar-refractivity contribution in [3.05, 3.63) is 52.1 Å². The number of phenols is 2. The zero-order valence-corrected chi connectivity index (χ0v) is 30.5. The van der Waals surface area contributed by atoms with Crippen LogP contribution in [0, 0.1) is 0 Å². The summed E-state index contributed by atoms with van der Waals surface area (Å²) in [6, 6.07) is 6.08. The van der Waals surface area contributed by atoms with E-state index in [4.69, 9.17) is 4.74 Å². The number of esters is 1.